The number of fused-ring (bicyclic) bond motifs is 2. The van der Waals surface area contributed by atoms with E-state index in [4.69, 9.17) is 0 Å². The van der Waals surface area contributed by atoms with Crippen LogP contribution in [0.4, 0.5) is 5.69 Å². The number of hydrogen-bond donors (Lipinski definition) is 2. The lowest BCUT2D eigenvalue weighted by molar-refractivity contribution is -0.135. The van der Waals surface area contributed by atoms with Crippen LogP contribution < -0.4 is 10.9 Å². The number of aromatic amines is 1. The van der Waals surface area contributed by atoms with Crippen LogP contribution in [-0.2, 0) is 16.1 Å². The SMILES string of the molecule is CC(C)N(Cc1nc2ccccc2c(=O)[nH]1)C(=O)CC1Sc2ccccc2NC1=O. The predicted octanol–water partition coefficient (Wildman–Crippen LogP) is 3.16. The third-order valence-electron chi connectivity index (χ3n) is 4.99. The van der Waals surface area contributed by atoms with Crippen LogP contribution in [0.25, 0.3) is 10.9 Å². The molecule has 0 saturated carbocycles. The highest BCUT2D eigenvalue weighted by Crippen LogP contribution is 2.36. The normalized spacial score (nSPS) is 15.7. The number of thioether (sulfide) groups is 1. The highest BCUT2D eigenvalue weighted by Gasteiger charge is 2.31. The first-order valence-corrected chi connectivity index (χ1v) is 10.6. The molecule has 1 aliphatic rings. The number of H-pyrrole nitrogens is 1. The van der Waals surface area contributed by atoms with E-state index in [0.29, 0.717) is 16.7 Å². The molecule has 2 amide bonds. The molecule has 0 spiro atoms. The number of rotatable bonds is 5. The predicted molar refractivity (Wildman–Crippen MR) is 117 cm³/mol. The molecule has 0 bridgehead atoms. The molecule has 0 fully saturated rings. The minimum absolute atomic E-state index is 0.0703. The van der Waals surface area contributed by atoms with Gasteiger partial charge in [-0.3, -0.25) is 14.4 Å². The van der Waals surface area contributed by atoms with E-state index in [1.54, 1.807) is 23.1 Å². The molecule has 154 valence electrons. The van der Waals surface area contributed by atoms with Crippen molar-refractivity contribution in [2.45, 2.75) is 43.0 Å². The van der Waals surface area contributed by atoms with E-state index >= 15 is 0 Å². The molecule has 1 aliphatic heterocycles. The summed E-state index contributed by atoms with van der Waals surface area (Å²) in [5.41, 5.74) is 1.13. The van der Waals surface area contributed by atoms with Gasteiger partial charge in [0.05, 0.1) is 28.4 Å². The summed E-state index contributed by atoms with van der Waals surface area (Å²) in [4.78, 5) is 47.8. The largest absolute Gasteiger partial charge is 0.333 e. The number of benzene rings is 2. The highest BCUT2D eigenvalue weighted by molar-refractivity contribution is 8.01. The van der Waals surface area contributed by atoms with Crippen LogP contribution in [0.5, 0.6) is 0 Å². The van der Waals surface area contributed by atoms with Crippen molar-refractivity contribution in [3.05, 3.63) is 64.7 Å². The summed E-state index contributed by atoms with van der Waals surface area (Å²) in [5.74, 6) is 0.0904. The Hall–Kier alpha value is -3.13. The second-order valence-electron chi connectivity index (χ2n) is 7.44. The Bertz CT molecular complexity index is 1170. The van der Waals surface area contributed by atoms with Crippen LogP contribution in [-0.4, -0.2) is 38.0 Å². The summed E-state index contributed by atoms with van der Waals surface area (Å²) in [6.07, 6.45) is 0.0703. The summed E-state index contributed by atoms with van der Waals surface area (Å²) >= 11 is 1.40. The third kappa shape index (κ3) is 4.09. The van der Waals surface area contributed by atoms with E-state index in [9.17, 15) is 14.4 Å². The van der Waals surface area contributed by atoms with E-state index < -0.39 is 5.25 Å². The number of hydrogen-bond acceptors (Lipinski definition) is 5. The topological polar surface area (TPSA) is 95.2 Å². The Kier molecular flexibility index (Phi) is 5.59. The van der Waals surface area contributed by atoms with Gasteiger partial charge in [0.25, 0.3) is 5.56 Å². The standard InChI is InChI=1S/C22H22N4O3S/c1-13(2)26(12-19-23-15-8-4-3-7-14(15)21(28)25-19)20(27)11-18-22(29)24-16-9-5-6-10-17(16)30-18/h3-10,13,18H,11-12H2,1-2H3,(H,24,29)(H,23,25,28). The number of anilines is 1. The molecule has 0 aliphatic carbocycles. The number of nitrogens with one attached hydrogen (secondary N) is 2. The fourth-order valence-corrected chi connectivity index (χ4v) is 4.53. The van der Waals surface area contributed by atoms with E-state index in [-0.39, 0.29) is 36.4 Å². The molecular formula is C22H22N4O3S. The maximum Gasteiger partial charge on any atom is 0.258 e. The van der Waals surface area contributed by atoms with Crippen molar-refractivity contribution in [2.75, 3.05) is 5.32 Å². The van der Waals surface area contributed by atoms with E-state index in [1.807, 2.05) is 44.2 Å². The monoisotopic (exact) mass is 422 g/mol. The van der Waals surface area contributed by atoms with Crippen LogP contribution >= 0.6 is 11.8 Å². The summed E-state index contributed by atoms with van der Waals surface area (Å²) in [7, 11) is 0. The van der Waals surface area contributed by atoms with Crippen molar-refractivity contribution in [2.24, 2.45) is 0 Å². The fourth-order valence-electron chi connectivity index (χ4n) is 3.43. The van der Waals surface area contributed by atoms with Crippen molar-refractivity contribution in [1.82, 2.24) is 14.9 Å². The van der Waals surface area contributed by atoms with E-state index in [0.717, 1.165) is 10.6 Å². The number of amides is 2. The second-order valence-corrected chi connectivity index (χ2v) is 8.69. The van der Waals surface area contributed by atoms with Crippen molar-refractivity contribution in [3.8, 4) is 0 Å². The van der Waals surface area contributed by atoms with Gasteiger partial charge in [0.2, 0.25) is 11.8 Å². The number of carbonyl (C=O) groups is 2. The van der Waals surface area contributed by atoms with Gasteiger partial charge in [-0.25, -0.2) is 4.98 Å². The fraction of sp³-hybridized carbons (Fsp3) is 0.273. The lowest BCUT2D eigenvalue weighted by Crippen LogP contribution is -2.41. The summed E-state index contributed by atoms with van der Waals surface area (Å²) < 4.78 is 0. The molecule has 2 aromatic carbocycles. The smallest absolute Gasteiger partial charge is 0.258 e. The highest BCUT2D eigenvalue weighted by atomic mass is 32.2. The molecule has 1 aromatic heterocycles. The molecule has 1 atom stereocenters. The summed E-state index contributed by atoms with van der Waals surface area (Å²) in [5, 5.41) is 2.88. The van der Waals surface area contributed by atoms with Gasteiger partial charge in [-0.1, -0.05) is 24.3 Å². The molecule has 2 N–H and O–H groups in total. The Morgan fingerprint density at radius 2 is 1.87 bits per heavy atom. The number of para-hydroxylation sites is 2. The lowest BCUT2D eigenvalue weighted by Gasteiger charge is -2.29. The van der Waals surface area contributed by atoms with Crippen molar-refractivity contribution in [1.29, 1.82) is 0 Å². The van der Waals surface area contributed by atoms with Gasteiger partial charge in [0, 0.05) is 17.4 Å². The van der Waals surface area contributed by atoms with Gasteiger partial charge >= 0.3 is 0 Å². The molecule has 7 nitrogen and oxygen atoms in total. The van der Waals surface area contributed by atoms with Crippen molar-refractivity contribution >= 4 is 40.2 Å². The van der Waals surface area contributed by atoms with Crippen LogP contribution in [0.2, 0.25) is 0 Å². The third-order valence-corrected chi connectivity index (χ3v) is 6.27. The first kappa shape index (κ1) is 20.2. The Morgan fingerprint density at radius 3 is 2.67 bits per heavy atom. The molecule has 2 heterocycles. The number of nitrogens with zero attached hydrogens (tertiary/aromatic N) is 2. The van der Waals surface area contributed by atoms with Crippen molar-refractivity contribution < 1.29 is 9.59 Å². The molecule has 3 aromatic rings. The zero-order valence-electron chi connectivity index (χ0n) is 16.7. The van der Waals surface area contributed by atoms with Gasteiger partial charge in [-0.15, -0.1) is 11.8 Å². The summed E-state index contributed by atoms with van der Waals surface area (Å²) in [6.45, 7) is 3.98. The quantitative estimate of drug-likeness (QED) is 0.659. The van der Waals surface area contributed by atoms with Crippen molar-refractivity contribution in [3.63, 3.8) is 0 Å². The molecular weight excluding hydrogens is 400 g/mol. The molecule has 30 heavy (non-hydrogen) atoms. The average Bonchev–Trinajstić information content (AvgIpc) is 2.72. The Labute approximate surface area is 177 Å². The Morgan fingerprint density at radius 1 is 1.13 bits per heavy atom. The van der Waals surface area contributed by atoms with Crippen LogP contribution in [0.1, 0.15) is 26.1 Å². The molecule has 0 saturated heterocycles. The lowest BCUT2D eigenvalue weighted by atomic mass is 10.2. The number of aromatic nitrogens is 2. The zero-order valence-corrected chi connectivity index (χ0v) is 17.5. The van der Waals surface area contributed by atoms with E-state index in [2.05, 4.69) is 15.3 Å². The van der Waals surface area contributed by atoms with Gasteiger partial charge in [0.15, 0.2) is 0 Å². The molecule has 4 rings (SSSR count). The first-order valence-electron chi connectivity index (χ1n) is 9.76. The van der Waals surface area contributed by atoms with Crippen LogP contribution in [0.15, 0.2) is 58.2 Å². The number of carbonyl (C=O) groups excluding carboxylic acids is 2. The van der Waals surface area contributed by atoms with Gasteiger partial charge in [-0.2, -0.15) is 0 Å². The van der Waals surface area contributed by atoms with Crippen LogP contribution in [0, 0.1) is 0 Å². The summed E-state index contributed by atoms with van der Waals surface area (Å²) in [6, 6.07) is 14.5. The first-order chi connectivity index (χ1) is 14.4. The minimum atomic E-state index is -0.503. The van der Waals surface area contributed by atoms with E-state index in [1.165, 1.54) is 11.8 Å². The maximum absolute atomic E-state index is 13.1. The van der Waals surface area contributed by atoms with Gasteiger partial charge < -0.3 is 15.2 Å². The zero-order chi connectivity index (χ0) is 21.3. The maximum atomic E-state index is 13.1. The second kappa shape index (κ2) is 8.31. The Balaban J connectivity index is 1.53. The van der Waals surface area contributed by atoms with Crippen LogP contribution in [0.3, 0.4) is 0 Å². The average molecular weight is 423 g/mol. The van der Waals surface area contributed by atoms with Gasteiger partial charge in [0.1, 0.15) is 5.82 Å². The minimum Gasteiger partial charge on any atom is -0.333 e. The molecule has 1 unspecified atom stereocenters. The van der Waals surface area contributed by atoms with Gasteiger partial charge in [-0.05, 0) is 38.1 Å². The molecule has 0 radical (unpaired) electrons. The molecule has 8 heteroatoms.